The second-order valence-electron chi connectivity index (χ2n) is 6.88. The van der Waals surface area contributed by atoms with Gasteiger partial charge in [0.25, 0.3) is 0 Å². The molecule has 0 radical (unpaired) electrons. The van der Waals surface area contributed by atoms with Crippen molar-refractivity contribution in [2.45, 2.75) is 26.2 Å². The van der Waals surface area contributed by atoms with Crippen molar-refractivity contribution < 1.29 is 9.53 Å². The maximum atomic E-state index is 12.7. The minimum absolute atomic E-state index is 0. The maximum absolute atomic E-state index is 12.7. The number of tetrazole rings is 1. The van der Waals surface area contributed by atoms with E-state index in [-0.39, 0.29) is 29.6 Å². The lowest BCUT2D eigenvalue weighted by molar-refractivity contribution is -0.118. The summed E-state index contributed by atoms with van der Waals surface area (Å²) in [7, 11) is 1.60. The third-order valence-corrected chi connectivity index (χ3v) is 5.41. The number of piperidine rings is 1. The Bertz CT molecular complexity index is 802. The summed E-state index contributed by atoms with van der Waals surface area (Å²) in [6.07, 6.45) is 3.17. The number of benzene rings is 1. The molecule has 1 saturated heterocycles. The van der Waals surface area contributed by atoms with Crippen LogP contribution in [0.15, 0.2) is 18.2 Å². The average molecular weight is 379 g/mol. The van der Waals surface area contributed by atoms with Crippen molar-refractivity contribution in [3.05, 3.63) is 24.0 Å². The standard InChI is InChI=1S/C17H22N6O2.ClH/c1-11-20-21-22-23(11)14-9-12(3-4-15(14)25-2)19-16(24)13-10-17(13)5-7-18-8-6-17;/h3-4,9,13,18H,5-8,10H2,1-2H3,(H,19,24);1H. The minimum atomic E-state index is 0. The van der Waals surface area contributed by atoms with Gasteiger partial charge in [-0.25, -0.2) is 0 Å². The number of rotatable bonds is 4. The number of hydrogen-bond acceptors (Lipinski definition) is 6. The smallest absolute Gasteiger partial charge is 0.228 e. The molecular weight excluding hydrogens is 356 g/mol. The lowest BCUT2D eigenvalue weighted by Gasteiger charge is -2.23. The van der Waals surface area contributed by atoms with Crippen LogP contribution < -0.4 is 15.4 Å². The van der Waals surface area contributed by atoms with Gasteiger partial charge in [0.2, 0.25) is 5.91 Å². The molecule has 2 heterocycles. The van der Waals surface area contributed by atoms with E-state index < -0.39 is 0 Å². The Morgan fingerprint density at radius 2 is 2.15 bits per heavy atom. The quantitative estimate of drug-likeness (QED) is 0.841. The molecule has 0 bridgehead atoms. The fourth-order valence-corrected chi connectivity index (χ4v) is 3.81. The van der Waals surface area contributed by atoms with Crippen LogP contribution in [0.5, 0.6) is 5.75 Å². The minimum Gasteiger partial charge on any atom is -0.494 e. The van der Waals surface area contributed by atoms with Crippen molar-refractivity contribution in [3.8, 4) is 11.4 Å². The molecule has 1 aliphatic heterocycles. The van der Waals surface area contributed by atoms with E-state index in [2.05, 4.69) is 26.2 Å². The van der Waals surface area contributed by atoms with E-state index in [1.54, 1.807) is 11.8 Å². The first-order valence-electron chi connectivity index (χ1n) is 8.58. The van der Waals surface area contributed by atoms with Gasteiger partial charge in [-0.05, 0) is 73.3 Å². The normalized spacial score (nSPS) is 20.3. The number of nitrogens with zero attached hydrogens (tertiary/aromatic N) is 4. The van der Waals surface area contributed by atoms with Crippen molar-refractivity contribution in [2.24, 2.45) is 11.3 Å². The van der Waals surface area contributed by atoms with Gasteiger partial charge in [0, 0.05) is 11.6 Å². The molecule has 1 unspecified atom stereocenters. The number of aromatic nitrogens is 4. The van der Waals surface area contributed by atoms with Crippen LogP contribution in [0, 0.1) is 18.3 Å². The highest BCUT2D eigenvalue weighted by molar-refractivity contribution is 5.95. The number of carbonyl (C=O) groups is 1. The van der Waals surface area contributed by atoms with Crippen molar-refractivity contribution in [1.29, 1.82) is 0 Å². The summed E-state index contributed by atoms with van der Waals surface area (Å²) < 4.78 is 7.00. The van der Waals surface area contributed by atoms with Crippen LogP contribution in [0.2, 0.25) is 0 Å². The molecule has 2 aliphatic rings. The SMILES string of the molecule is COc1ccc(NC(=O)C2CC23CCNCC3)cc1-n1nnnc1C.Cl. The largest absolute Gasteiger partial charge is 0.494 e. The predicted octanol–water partition coefficient (Wildman–Crippen LogP) is 1.73. The highest BCUT2D eigenvalue weighted by Crippen LogP contribution is 2.58. The number of hydrogen-bond donors (Lipinski definition) is 2. The summed E-state index contributed by atoms with van der Waals surface area (Å²) >= 11 is 0. The molecule has 26 heavy (non-hydrogen) atoms. The van der Waals surface area contributed by atoms with E-state index in [0.717, 1.165) is 38.0 Å². The van der Waals surface area contributed by atoms with Gasteiger partial charge in [0.15, 0.2) is 5.82 Å². The number of ether oxygens (including phenoxy) is 1. The first kappa shape index (κ1) is 18.6. The first-order chi connectivity index (χ1) is 12.1. The average Bonchev–Trinajstić information content (AvgIpc) is 3.14. The van der Waals surface area contributed by atoms with Gasteiger partial charge < -0.3 is 15.4 Å². The Hall–Kier alpha value is -2.19. The molecule has 140 valence electrons. The van der Waals surface area contributed by atoms with Crippen LogP contribution in [0.4, 0.5) is 5.69 Å². The van der Waals surface area contributed by atoms with E-state index in [1.165, 1.54) is 0 Å². The molecule has 2 N–H and O–H groups in total. The number of nitrogens with one attached hydrogen (secondary N) is 2. The third kappa shape index (κ3) is 3.26. The van der Waals surface area contributed by atoms with Gasteiger partial charge in [0.05, 0.1) is 7.11 Å². The van der Waals surface area contributed by atoms with Crippen LogP contribution in [0.25, 0.3) is 5.69 Å². The summed E-state index contributed by atoms with van der Waals surface area (Å²) in [5, 5.41) is 18.0. The van der Waals surface area contributed by atoms with Crippen LogP contribution >= 0.6 is 12.4 Å². The van der Waals surface area contributed by atoms with E-state index in [1.807, 2.05) is 25.1 Å². The Balaban J connectivity index is 0.00000196. The zero-order chi connectivity index (χ0) is 17.4. The van der Waals surface area contributed by atoms with Gasteiger partial charge in [0.1, 0.15) is 11.4 Å². The Morgan fingerprint density at radius 3 is 2.81 bits per heavy atom. The van der Waals surface area contributed by atoms with Crippen LogP contribution in [-0.4, -0.2) is 46.3 Å². The summed E-state index contributed by atoms with van der Waals surface area (Å²) in [6, 6.07) is 5.51. The highest BCUT2D eigenvalue weighted by Gasteiger charge is 2.57. The number of methoxy groups -OCH3 is 1. The van der Waals surface area contributed by atoms with Crippen LogP contribution in [0.1, 0.15) is 25.1 Å². The Morgan fingerprint density at radius 1 is 1.38 bits per heavy atom. The number of halogens is 1. The molecule has 1 saturated carbocycles. The first-order valence-corrected chi connectivity index (χ1v) is 8.58. The van der Waals surface area contributed by atoms with Crippen molar-refractivity contribution in [2.75, 3.05) is 25.5 Å². The summed E-state index contributed by atoms with van der Waals surface area (Å²) in [5.74, 6) is 1.52. The molecule has 2 fully saturated rings. The van der Waals surface area contributed by atoms with Crippen molar-refractivity contribution in [3.63, 3.8) is 0 Å². The highest BCUT2D eigenvalue weighted by atomic mass is 35.5. The Labute approximate surface area is 158 Å². The second-order valence-corrected chi connectivity index (χ2v) is 6.88. The molecule has 9 heteroatoms. The second kappa shape index (κ2) is 7.20. The molecule has 8 nitrogen and oxygen atoms in total. The maximum Gasteiger partial charge on any atom is 0.228 e. The number of carbonyl (C=O) groups excluding carboxylic acids is 1. The summed E-state index contributed by atoms with van der Waals surface area (Å²) in [6.45, 7) is 3.83. The third-order valence-electron chi connectivity index (χ3n) is 5.41. The molecule has 1 aromatic carbocycles. The van der Waals surface area contributed by atoms with E-state index in [4.69, 9.17) is 4.74 Å². The van der Waals surface area contributed by atoms with Crippen LogP contribution in [-0.2, 0) is 4.79 Å². The molecule has 1 spiro atoms. The van der Waals surface area contributed by atoms with E-state index in [0.29, 0.717) is 17.3 Å². The number of amides is 1. The zero-order valence-electron chi connectivity index (χ0n) is 14.9. The predicted molar refractivity (Wildman–Crippen MR) is 99.0 cm³/mol. The zero-order valence-corrected chi connectivity index (χ0v) is 15.7. The van der Waals surface area contributed by atoms with Gasteiger partial charge >= 0.3 is 0 Å². The monoisotopic (exact) mass is 378 g/mol. The lowest BCUT2D eigenvalue weighted by Crippen LogP contribution is -2.31. The van der Waals surface area contributed by atoms with Crippen molar-refractivity contribution in [1.82, 2.24) is 25.5 Å². The van der Waals surface area contributed by atoms with Gasteiger partial charge in [-0.3, -0.25) is 4.79 Å². The topological polar surface area (TPSA) is 94.0 Å². The summed E-state index contributed by atoms with van der Waals surface area (Å²) in [5.41, 5.74) is 1.65. The molecule has 2 aromatic rings. The lowest BCUT2D eigenvalue weighted by atomic mass is 9.92. The number of aryl methyl sites for hydroxylation is 1. The van der Waals surface area contributed by atoms with Gasteiger partial charge in [-0.1, -0.05) is 0 Å². The van der Waals surface area contributed by atoms with E-state index in [9.17, 15) is 4.79 Å². The molecule has 1 aromatic heterocycles. The molecular formula is C17H23ClN6O2. The van der Waals surface area contributed by atoms with Gasteiger partial charge in [-0.2, -0.15) is 4.68 Å². The van der Waals surface area contributed by atoms with E-state index >= 15 is 0 Å². The fraction of sp³-hybridized carbons (Fsp3) is 0.529. The molecule has 1 aliphatic carbocycles. The Kier molecular flexibility index (Phi) is 5.15. The molecule has 4 rings (SSSR count). The van der Waals surface area contributed by atoms with Crippen molar-refractivity contribution >= 4 is 24.0 Å². The number of anilines is 1. The molecule has 1 atom stereocenters. The van der Waals surface area contributed by atoms with Gasteiger partial charge in [-0.15, -0.1) is 17.5 Å². The summed E-state index contributed by atoms with van der Waals surface area (Å²) in [4.78, 5) is 12.7. The van der Waals surface area contributed by atoms with Crippen LogP contribution in [0.3, 0.4) is 0 Å². The molecule has 1 amide bonds. The fourth-order valence-electron chi connectivity index (χ4n) is 3.81.